The molecule has 1 aromatic carbocycles. The molecule has 0 amide bonds. The van der Waals surface area contributed by atoms with Gasteiger partial charge in [-0.25, -0.2) is 0 Å². The van der Waals surface area contributed by atoms with E-state index < -0.39 is 0 Å². The van der Waals surface area contributed by atoms with E-state index in [-0.39, 0.29) is 0 Å². The molecule has 2 nitrogen and oxygen atoms in total. The van der Waals surface area contributed by atoms with Gasteiger partial charge in [0, 0.05) is 19.3 Å². The topological polar surface area (TPSA) is 8.17 Å². The minimum Gasteiger partial charge on any atom is -0.350 e. The van der Waals surface area contributed by atoms with Crippen LogP contribution in [0.4, 0.5) is 0 Å². The lowest BCUT2D eigenvalue weighted by atomic mass is 10.0. The third kappa shape index (κ3) is 2.84. The average molecular weight is 258 g/mol. The summed E-state index contributed by atoms with van der Waals surface area (Å²) in [6.07, 6.45) is 4.59. The largest absolute Gasteiger partial charge is 0.350 e. The van der Waals surface area contributed by atoms with E-state index in [4.69, 9.17) is 0 Å². The highest BCUT2D eigenvalue weighted by Crippen LogP contribution is 2.28. The first kappa shape index (κ1) is 14.1. The molecular weight excluding hydrogens is 232 g/mol. The molecule has 2 heteroatoms. The van der Waals surface area contributed by atoms with Crippen LogP contribution in [-0.2, 0) is 7.05 Å². The van der Waals surface area contributed by atoms with Crippen LogP contribution in [0.2, 0.25) is 0 Å². The average Bonchev–Trinajstić information content (AvgIpc) is 2.80. The Kier molecular flexibility index (Phi) is 4.65. The van der Waals surface area contributed by atoms with Crippen molar-refractivity contribution < 1.29 is 0 Å². The highest BCUT2D eigenvalue weighted by Gasteiger charge is 2.17. The monoisotopic (exact) mass is 258 g/mol. The number of hydrogen-bond donors (Lipinski definition) is 0. The van der Waals surface area contributed by atoms with Crippen molar-refractivity contribution >= 4 is 10.9 Å². The second-order valence-corrected chi connectivity index (χ2v) is 5.42. The van der Waals surface area contributed by atoms with Gasteiger partial charge in [-0.15, -0.1) is 0 Å². The molecule has 0 unspecified atom stereocenters. The summed E-state index contributed by atoms with van der Waals surface area (Å²) in [5.74, 6) is 0. The van der Waals surface area contributed by atoms with Crippen LogP contribution in [0.1, 0.15) is 45.2 Å². The lowest BCUT2D eigenvalue weighted by Crippen LogP contribution is -2.29. The smallest absolute Gasteiger partial charge is 0.0526 e. The van der Waals surface area contributed by atoms with E-state index in [9.17, 15) is 0 Å². The van der Waals surface area contributed by atoms with E-state index in [1.54, 1.807) is 0 Å². The van der Waals surface area contributed by atoms with Crippen molar-refractivity contribution in [2.45, 2.75) is 39.7 Å². The summed E-state index contributed by atoms with van der Waals surface area (Å²) in [4.78, 5) is 2.60. The Morgan fingerprint density at radius 1 is 1.11 bits per heavy atom. The molecule has 19 heavy (non-hydrogen) atoms. The van der Waals surface area contributed by atoms with Gasteiger partial charge in [-0.1, -0.05) is 32.0 Å². The predicted octanol–water partition coefficient (Wildman–Crippen LogP) is 4.36. The minimum absolute atomic E-state index is 0.484. The molecule has 2 rings (SSSR count). The van der Waals surface area contributed by atoms with Gasteiger partial charge in [0.1, 0.15) is 0 Å². The molecule has 1 heterocycles. The Morgan fingerprint density at radius 2 is 1.79 bits per heavy atom. The normalized spacial score (nSPS) is 13.3. The zero-order valence-corrected chi connectivity index (χ0v) is 12.7. The number of aromatic nitrogens is 1. The van der Waals surface area contributed by atoms with E-state index in [0.717, 1.165) is 0 Å². The number of benzene rings is 1. The molecule has 0 aliphatic heterocycles. The Morgan fingerprint density at radius 3 is 2.42 bits per heavy atom. The molecule has 0 saturated heterocycles. The highest BCUT2D eigenvalue weighted by atomic mass is 15.1. The Hall–Kier alpha value is -1.28. The number of nitrogens with zero attached hydrogens (tertiary/aromatic N) is 2. The molecule has 0 radical (unpaired) electrons. The fraction of sp³-hybridized carbons (Fsp3) is 0.529. The molecule has 0 spiro atoms. The van der Waals surface area contributed by atoms with Crippen molar-refractivity contribution in [2.75, 3.05) is 13.1 Å². The number of hydrogen-bond acceptors (Lipinski definition) is 1. The summed E-state index contributed by atoms with van der Waals surface area (Å²) in [5.41, 5.74) is 2.83. The molecule has 0 aliphatic rings. The summed E-state index contributed by atoms with van der Waals surface area (Å²) < 4.78 is 2.25. The van der Waals surface area contributed by atoms with Crippen LogP contribution in [0, 0.1) is 0 Å². The predicted molar refractivity (Wildman–Crippen MR) is 83.5 cm³/mol. The van der Waals surface area contributed by atoms with Crippen LogP contribution >= 0.6 is 0 Å². The molecule has 0 saturated carbocycles. The van der Waals surface area contributed by atoms with Crippen molar-refractivity contribution in [1.82, 2.24) is 9.47 Å². The third-order valence-electron chi connectivity index (χ3n) is 3.95. The number of para-hydroxylation sites is 1. The van der Waals surface area contributed by atoms with Gasteiger partial charge in [-0.3, -0.25) is 4.90 Å². The van der Waals surface area contributed by atoms with Gasteiger partial charge < -0.3 is 4.57 Å². The Balaban J connectivity index is 2.38. The van der Waals surface area contributed by atoms with Gasteiger partial charge >= 0.3 is 0 Å². The second kappa shape index (κ2) is 6.25. The molecule has 1 aromatic heterocycles. The summed E-state index contributed by atoms with van der Waals surface area (Å²) in [7, 11) is 2.14. The first-order chi connectivity index (χ1) is 9.19. The molecule has 0 N–H and O–H groups in total. The lowest BCUT2D eigenvalue weighted by molar-refractivity contribution is 0.212. The van der Waals surface area contributed by atoms with Crippen LogP contribution in [0.3, 0.4) is 0 Å². The molecule has 0 aliphatic carbocycles. The van der Waals surface area contributed by atoms with Gasteiger partial charge in [0.2, 0.25) is 0 Å². The molecular formula is C17H26N2. The van der Waals surface area contributed by atoms with Gasteiger partial charge in [-0.05, 0) is 49.9 Å². The summed E-state index contributed by atoms with van der Waals surface area (Å²) >= 11 is 0. The molecule has 1 atom stereocenters. The molecule has 104 valence electrons. The first-order valence-electron chi connectivity index (χ1n) is 7.47. The van der Waals surface area contributed by atoms with Crippen LogP contribution in [0.5, 0.6) is 0 Å². The summed E-state index contributed by atoms with van der Waals surface area (Å²) in [6, 6.07) is 9.36. The van der Waals surface area contributed by atoms with Crippen molar-refractivity contribution in [3.05, 3.63) is 36.0 Å². The fourth-order valence-electron chi connectivity index (χ4n) is 3.00. The zero-order chi connectivity index (χ0) is 13.8. The van der Waals surface area contributed by atoms with Crippen LogP contribution < -0.4 is 0 Å². The fourth-order valence-corrected chi connectivity index (χ4v) is 3.00. The summed E-state index contributed by atoms with van der Waals surface area (Å²) in [6.45, 7) is 9.22. The SMILES string of the molecule is CCCN(CCC)[C@@H](C)c1cccc2ccn(C)c12. The van der Waals surface area contributed by atoms with Gasteiger partial charge in [0.05, 0.1) is 5.52 Å². The van der Waals surface area contributed by atoms with Crippen molar-refractivity contribution in [2.24, 2.45) is 7.05 Å². The van der Waals surface area contributed by atoms with Gasteiger partial charge in [-0.2, -0.15) is 0 Å². The summed E-state index contributed by atoms with van der Waals surface area (Å²) in [5, 5.41) is 1.35. The van der Waals surface area contributed by atoms with Crippen LogP contribution in [0.25, 0.3) is 10.9 Å². The maximum absolute atomic E-state index is 2.60. The molecule has 0 bridgehead atoms. The maximum atomic E-state index is 2.60. The van der Waals surface area contributed by atoms with E-state index in [1.807, 2.05) is 0 Å². The molecule has 0 fully saturated rings. The Labute approximate surface area is 117 Å². The van der Waals surface area contributed by atoms with Gasteiger partial charge in [0.15, 0.2) is 0 Å². The van der Waals surface area contributed by atoms with Crippen LogP contribution in [0.15, 0.2) is 30.5 Å². The van der Waals surface area contributed by atoms with Crippen molar-refractivity contribution in [3.63, 3.8) is 0 Å². The standard InChI is InChI=1S/C17H26N2/c1-5-11-19(12-6-2)14(3)16-9-7-8-15-10-13-18(4)17(15)16/h7-10,13-14H,5-6,11-12H2,1-4H3/t14-/m0/s1. The lowest BCUT2D eigenvalue weighted by Gasteiger charge is -2.29. The number of rotatable bonds is 6. The zero-order valence-electron chi connectivity index (χ0n) is 12.7. The Bertz CT molecular complexity index is 521. The maximum Gasteiger partial charge on any atom is 0.0526 e. The van der Waals surface area contributed by atoms with Crippen LogP contribution in [-0.4, -0.2) is 22.6 Å². The van der Waals surface area contributed by atoms with Gasteiger partial charge in [0.25, 0.3) is 0 Å². The van der Waals surface area contributed by atoms with E-state index in [1.165, 1.54) is 42.4 Å². The third-order valence-corrected chi connectivity index (χ3v) is 3.95. The van der Waals surface area contributed by atoms with Crippen molar-refractivity contribution in [1.29, 1.82) is 0 Å². The highest BCUT2D eigenvalue weighted by molar-refractivity contribution is 5.83. The van der Waals surface area contributed by atoms with Crippen molar-refractivity contribution in [3.8, 4) is 0 Å². The van der Waals surface area contributed by atoms with E-state index in [2.05, 4.69) is 67.7 Å². The second-order valence-electron chi connectivity index (χ2n) is 5.42. The van der Waals surface area contributed by atoms with E-state index in [0.29, 0.717) is 6.04 Å². The first-order valence-corrected chi connectivity index (χ1v) is 7.47. The minimum atomic E-state index is 0.484. The van der Waals surface area contributed by atoms with E-state index >= 15 is 0 Å². The number of fused-ring (bicyclic) bond motifs is 1. The molecule has 2 aromatic rings. The number of aryl methyl sites for hydroxylation is 1. The quantitative estimate of drug-likeness (QED) is 0.747.